The lowest BCUT2D eigenvalue weighted by atomic mass is 9.94. The highest BCUT2D eigenvalue weighted by molar-refractivity contribution is 9.10. The van der Waals surface area contributed by atoms with E-state index in [1.807, 2.05) is 0 Å². The van der Waals surface area contributed by atoms with Gasteiger partial charge in [0.05, 0.1) is 22.0 Å². The van der Waals surface area contributed by atoms with E-state index in [2.05, 4.69) is 58.7 Å². The lowest BCUT2D eigenvalue weighted by Gasteiger charge is -2.29. The third kappa shape index (κ3) is 2.88. The van der Waals surface area contributed by atoms with Crippen LogP contribution >= 0.6 is 15.9 Å². The van der Waals surface area contributed by atoms with E-state index in [0.29, 0.717) is 0 Å². The number of hydrogen-bond donors (Lipinski definition) is 1. The van der Waals surface area contributed by atoms with E-state index >= 15 is 0 Å². The number of ether oxygens (including phenoxy) is 1. The second kappa shape index (κ2) is 5.94. The van der Waals surface area contributed by atoms with Gasteiger partial charge in [-0.15, -0.1) is 0 Å². The van der Waals surface area contributed by atoms with E-state index in [-0.39, 0.29) is 11.6 Å². The van der Waals surface area contributed by atoms with Crippen LogP contribution in [0.15, 0.2) is 4.47 Å². The molecule has 2 atom stereocenters. The predicted molar refractivity (Wildman–Crippen MR) is 80.3 cm³/mol. The maximum absolute atomic E-state index is 5.67. The molecule has 4 nitrogen and oxygen atoms in total. The van der Waals surface area contributed by atoms with Gasteiger partial charge in [0, 0.05) is 25.2 Å². The molecule has 0 radical (unpaired) electrons. The maximum atomic E-state index is 5.67. The molecule has 1 aliphatic heterocycles. The molecule has 5 heteroatoms. The first-order valence-corrected chi connectivity index (χ1v) is 7.91. The van der Waals surface area contributed by atoms with Crippen LogP contribution in [0.4, 0.5) is 0 Å². The molecular weight excluding hydrogens is 306 g/mol. The fraction of sp³-hybridized carbons (Fsp3) is 0.786. The third-order valence-electron chi connectivity index (χ3n) is 4.24. The van der Waals surface area contributed by atoms with Gasteiger partial charge in [0.1, 0.15) is 0 Å². The Labute approximate surface area is 124 Å². The molecule has 0 saturated carbocycles. The van der Waals surface area contributed by atoms with Gasteiger partial charge in [-0.25, -0.2) is 0 Å². The summed E-state index contributed by atoms with van der Waals surface area (Å²) in [5.74, 6) is 0. The van der Waals surface area contributed by atoms with Gasteiger partial charge in [-0.2, -0.15) is 5.10 Å². The summed E-state index contributed by atoms with van der Waals surface area (Å²) in [6.45, 7) is 11.2. The molecule has 1 aliphatic rings. The molecule has 108 valence electrons. The van der Waals surface area contributed by atoms with Crippen LogP contribution in [0, 0.1) is 0 Å². The molecule has 1 N–H and O–H groups in total. The van der Waals surface area contributed by atoms with Crippen LogP contribution in [-0.4, -0.2) is 28.0 Å². The van der Waals surface area contributed by atoms with Crippen LogP contribution in [0.1, 0.15) is 45.5 Å². The summed E-state index contributed by atoms with van der Waals surface area (Å²) in [4.78, 5) is 0. The van der Waals surface area contributed by atoms with Crippen molar-refractivity contribution in [1.82, 2.24) is 15.1 Å². The number of aromatic nitrogens is 2. The van der Waals surface area contributed by atoms with Gasteiger partial charge in [-0.3, -0.25) is 4.68 Å². The van der Waals surface area contributed by atoms with Gasteiger partial charge in [-0.05, 0) is 49.5 Å². The fourth-order valence-corrected chi connectivity index (χ4v) is 3.24. The minimum atomic E-state index is 0.0641. The monoisotopic (exact) mass is 329 g/mol. The van der Waals surface area contributed by atoms with Crippen molar-refractivity contribution in [2.24, 2.45) is 0 Å². The third-order valence-corrected chi connectivity index (χ3v) is 5.16. The Hall–Kier alpha value is -0.390. The molecule has 0 amide bonds. The van der Waals surface area contributed by atoms with Crippen molar-refractivity contribution >= 4 is 15.9 Å². The summed E-state index contributed by atoms with van der Waals surface area (Å²) >= 11 is 3.69. The van der Waals surface area contributed by atoms with Crippen molar-refractivity contribution in [2.45, 2.75) is 65.3 Å². The molecule has 0 aromatic carbocycles. The minimum absolute atomic E-state index is 0.0641. The summed E-state index contributed by atoms with van der Waals surface area (Å²) in [5.41, 5.74) is 2.44. The second-order valence-electron chi connectivity index (χ2n) is 5.41. The van der Waals surface area contributed by atoms with E-state index in [0.717, 1.165) is 42.7 Å². The quantitative estimate of drug-likeness (QED) is 0.902. The van der Waals surface area contributed by atoms with E-state index in [9.17, 15) is 0 Å². The number of halogens is 1. The number of nitrogens with one attached hydrogen (secondary N) is 1. The van der Waals surface area contributed by atoms with Crippen LogP contribution in [0.5, 0.6) is 0 Å². The Kier molecular flexibility index (Phi) is 4.69. The van der Waals surface area contributed by atoms with Crippen LogP contribution in [0.25, 0.3) is 0 Å². The van der Waals surface area contributed by atoms with Crippen molar-refractivity contribution in [3.05, 3.63) is 15.9 Å². The van der Waals surface area contributed by atoms with Gasteiger partial charge in [-0.1, -0.05) is 6.92 Å². The van der Waals surface area contributed by atoms with E-state index in [1.54, 1.807) is 0 Å². The Morgan fingerprint density at radius 1 is 1.53 bits per heavy atom. The fourth-order valence-electron chi connectivity index (χ4n) is 2.54. The Balaban J connectivity index is 2.13. The zero-order valence-corrected chi connectivity index (χ0v) is 13.9. The van der Waals surface area contributed by atoms with Crippen molar-refractivity contribution in [3.8, 4) is 0 Å². The zero-order chi connectivity index (χ0) is 14.0. The molecule has 2 rings (SSSR count). The van der Waals surface area contributed by atoms with Gasteiger partial charge >= 0.3 is 0 Å². The van der Waals surface area contributed by atoms with Gasteiger partial charge in [0.2, 0.25) is 0 Å². The molecule has 1 fully saturated rings. The van der Waals surface area contributed by atoms with E-state index < -0.39 is 0 Å². The Morgan fingerprint density at radius 3 is 2.79 bits per heavy atom. The summed E-state index contributed by atoms with van der Waals surface area (Å²) < 4.78 is 8.91. The summed E-state index contributed by atoms with van der Waals surface area (Å²) in [6.07, 6.45) is 2.28. The van der Waals surface area contributed by atoms with Crippen LogP contribution in [0.3, 0.4) is 0 Å². The van der Waals surface area contributed by atoms with E-state index in [1.165, 1.54) is 5.69 Å². The lowest BCUT2D eigenvalue weighted by molar-refractivity contribution is 0.0878. The molecule has 0 bridgehead atoms. The minimum Gasteiger partial charge on any atom is -0.377 e. The smallest absolute Gasteiger partial charge is 0.0767 e. The normalized spacial score (nSPS) is 27.1. The van der Waals surface area contributed by atoms with Gasteiger partial charge in [0.25, 0.3) is 0 Å². The first kappa shape index (κ1) is 15.0. The maximum Gasteiger partial charge on any atom is 0.0767 e. The zero-order valence-electron chi connectivity index (χ0n) is 12.3. The van der Waals surface area contributed by atoms with Crippen LogP contribution in [0.2, 0.25) is 0 Å². The van der Waals surface area contributed by atoms with Crippen LogP contribution in [-0.2, 0) is 24.2 Å². The second-order valence-corrected chi connectivity index (χ2v) is 6.20. The molecule has 19 heavy (non-hydrogen) atoms. The van der Waals surface area contributed by atoms with Crippen LogP contribution < -0.4 is 5.32 Å². The first-order chi connectivity index (χ1) is 9.01. The highest BCUT2D eigenvalue weighted by atomic mass is 79.9. The molecule has 2 unspecified atom stereocenters. The molecule has 1 aromatic heterocycles. The molecule has 0 aliphatic carbocycles. The molecule has 1 saturated heterocycles. The molecular formula is C14H24BrN3O. The first-order valence-electron chi connectivity index (χ1n) is 7.12. The number of nitrogens with zero attached hydrogens (tertiary/aromatic N) is 2. The average Bonchev–Trinajstić information content (AvgIpc) is 2.89. The Bertz CT molecular complexity index is 446. The summed E-state index contributed by atoms with van der Waals surface area (Å²) in [5, 5.41) is 8.29. The standard InChI is InChI=1S/C14H24BrN3O/c1-5-11-13(15)12(18(6-2)17-11)9-16-14(4)7-8-19-10(14)3/h10,16H,5-9H2,1-4H3. The van der Waals surface area contributed by atoms with Crippen molar-refractivity contribution in [1.29, 1.82) is 0 Å². The number of rotatable bonds is 5. The van der Waals surface area contributed by atoms with E-state index in [4.69, 9.17) is 4.74 Å². The lowest BCUT2D eigenvalue weighted by Crippen LogP contribution is -2.47. The summed E-state index contributed by atoms with van der Waals surface area (Å²) in [7, 11) is 0. The Morgan fingerprint density at radius 2 is 2.26 bits per heavy atom. The molecule has 1 aromatic rings. The highest BCUT2D eigenvalue weighted by Gasteiger charge is 2.36. The van der Waals surface area contributed by atoms with Gasteiger partial charge < -0.3 is 10.1 Å². The highest BCUT2D eigenvalue weighted by Crippen LogP contribution is 2.27. The largest absolute Gasteiger partial charge is 0.377 e. The van der Waals surface area contributed by atoms with Crippen molar-refractivity contribution < 1.29 is 4.74 Å². The SMILES string of the molecule is CCc1nn(CC)c(CNC2(C)CCOC2C)c1Br. The van der Waals surface area contributed by atoms with Crippen molar-refractivity contribution in [2.75, 3.05) is 6.61 Å². The van der Waals surface area contributed by atoms with Gasteiger partial charge in [0.15, 0.2) is 0 Å². The number of aryl methyl sites for hydroxylation is 2. The molecule has 2 heterocycles. The topological polar surface area (TPSA) is 39.1 Å². The average molecular weight is 330 g/mol. The number of hydrogen-bond acceptors (Lipinski definition) is 3. The summed E-state index contributed by atoms with van der Waals surface area (Å²) in [6, 6.07) is 0. The molecule has 0 spiro atoms. The predicted octanol–water partition coefficient (Wildman–Crippen LogP) is 2.89. The van der Waals surface area contributed by atoms with Crippen molar-refractivity contribution in [3.63, 3.8) is 0 Å².